The van der Waals surface area contributed by atoms with Crippen LogP contribution in [0.4, 0.5) is 0 Å². The Morgan fingerprint density at radius 1 is 0.517 bits per heavy atom. The molecule has 0 fully saturated rings. The smallest absolute Gasteiger partial charge is 0.160 e. The van der Waals surface area contributed by atoms with E-state index in [1.54, 1.807) is 0 Å². The summed E-state index contributed by atoms with van der Waals surface area (Å²) < 4.78 is 0. The lowest BCUT2D eigenvalue weighted by Gasteiger charge is -2.33. The number of hydrogen-bond donors (Lipinski definition) is 0. The van der Waals surface area contributed by atoms with Gasteiger partial charge in [-0.3, -0.25) is 0 Å². The zero-order valence-electron chi connectivity index (χ0n) is 35.1. The summed E-state index contributed by atoms with van der Waals surface area (Å²) in [5.41, 5.74) is 20.4. The van der Waals surface area contributed by atoms with Crippen molar-refractivity contribution >= 4 is 5.57 Å². The molecule has 0 bridgehead atoms. The topological polar surface area (TPSA) is 25.8 Å². The fourth-order valence-corrected chi connectivity index (χ4v) is 9.19. The van der Waals surface area contributed by atoms with E-state index in [9.17, 15) is 0 Å². The van der Waals surface area contributed by atoms with Gasteiger partial charge in [0.15, 0.2) is 5.82 Å². The van der Waals surface area contributed by atoms with Crippen LogP contribution in [0.2, 0.25) is 0 Å². The molecule has 6 aromatic carbocycles. The Bertz CT molecular complexity index is 2720. The third kappa shape index (κ3) is 6.09. The Morgan fingerprint density at radius 3 is 1.71 bits per heavy atom. The normalized spacial score (nSPS) is 14.1. The molecule has 2 aliphatic rings. The van der Waals surface area contributed by atoms with E-state index < -0.39 is 5.41 Å². The number of aromatic nitrogens is 2. The Labute approximate surface area is 345 Å². The molecule has 0 N–H and O–H groups in total. The predicted molar refractivity (Wildman–Crippen MR) is 245 cm³/mol. The van der Waals surface area contributed by atoms with Crippen LogP contribution in [-0.4, -0.2) is 9.97 Å². The minimum Gasteiger partial charge on any atom is -0.228 e. The predicted octanol–water partition coefficient (Wildman–Crippen LogP) is 14.8. The summed E-state index contributed by atoms with van der Waals surface area (Å²) in [6.07, 6.45) is 7.45. The summed E-state index contributed by atoms with van der Waals surface area (Å²) in [6.45, 7) is 18.2. The van der Waals surface area contributed by atoms with E-state index in [0.29, 0.717) is 0 Å². The van der Waals surface area contributed by atoms with Crippen molar-refractivity contribution in [1.29, 1.82) is 0 Å². The van der Waals surface area contributed by atoms with Crippen molar-refractivity contribution in [3.63, 3.8) is 0 Å². The molecule has 0 aliphatic heterocycles. The lowest BCUT2D eigenvalue weighted by molar-refractivity contribution is 0.586. The number of rotatable bonds is 6. The molecular weight excluding hydrogens is 701 g/mol. The highest BCUT2D eigenvalue weighted by Gasteiger charge is 2.52. The van der Waals surface area contributed by atoms with Crippen molar-refractivity contribution in [2.45, 2.75) is 78.1 Å². The van der Waals surface area contributed by atoms with Gasteiger partial charge in [0.2, 0.25) is 0 Å². The van der Waals surface area contributed by atoms with Gasteiger partial charge >= 0.3 is 0 Å². The molecule has 1 spiro atoms. The van der Waals surface area contributed by atoms with Crippen LogP contribution in [-0.2, 0) is 16.2 Å². The number of fused-ring (bicyclic) bond motifs is 10. The van der Waals surface area contributed by atoms with Crippen molar-refractivity contribution in [2.24, 2.45) is 0 Å². The Hall–Kier alpha value is -6.12. The highest BCUT2D eigenvalue weighted by molar-refractivity contribution is 5.96. The second-order valence-electron chi connectivity index (χ2n) is 18.0. The molecular formula is C56H52N2. The molecule has 2 aliphatic carbocycles. The molecule has 286 valence electrons. The first-order chi connectivity index (χ1) is 27.9. The molecule has 2 heteroatoms. The largest absolute Gasteiger partial charge is 0.228 e. The standard InChI is InChI=1S/C56H52N2/c1-9-11-18-36(10-2)51-35-52(58-53(57-51)37-19-13-12-14-20-37)40-22-17-21-38(31-40)39-25-28-44-43-23-15-16-24-47(43)56(48(44)32-39)49-33-41(54(3,4)5)26-29-45(49)46-30-27-42(34-50(46)56)55(6,7)8/h10-35H,9H2,1-8H3/b18-11-,36-10+. The van der Waals surface area contributed by atoms with Crippen molar-refractivity contribution in [3.05, 3.63) is 197 Å². The lowest BCUT2D eigenvalue weighted by atomic mass is 9.68. The van der Waals surface area contributed by atoms with Gasteiger partial charge in [-0.05, 0) is 115 Å². The van der Waals surface area contributed by atoms with Gasteiger partial charge in [0.25, 0.3) is 0 Å². The minimum atomic E-state index is -0.451. The molecule has 0 radical (unpaired) electrons. The van der Waals surface area contributed by atoms with Crippen LogP contribution in [0, 0.1) is 0 Å². The van der Waals surface area contributed by atoms with Gasteiger partial charge in [-0.15, -0.1) is 0 Å². The molecule has 2 nitrogen and oxygen atoms in total. The maximum atomic E-state index is 5.19. The Morgan fingerprint density at radius 2 is 1.07 bits per heavy atom. The highest BCUT2D eigenvalue weighted by atomic mass is 14.9. The van der Waals surface area contributed by atoms with Crippen molar-refractivity contribution in [3.8, 4) is 56.0 Å². The average molecular weight is 753 g/mol. The van der Waals surface area contributed by atoms with Crippen LogP contribution in [0.25, 0.3) is 61.6 Å². The second kappa shape index (κ2) is 14.1. The molecule has 0 amide bonds. The summed E-state index contributed by atoms with van der Waals surface area (Å²) in [6, 6.07) is 52.2. The average Bonchev–Trinajstić information content (AvgIpc) is 3.70. The molecule has 58 heavy (non-hydrogen) atoms. The monoisotopic (exact) mass is 752 g/mol. The molecule has 0 saturated heterocycles. The van der Waals surface area contributed by atoms with E-state index in [0.717, 1.165) is 45.9 Å². The van der Waals surface area contributed by atoms with Crippen molar-refractivity contribution in [1.82, 2.24) is 9.97 Å². The van der Waals surface area contributed by atoms with Crippen LogP contribution in [0.1, 0.15) is 101 Å². The van der Waals surface area contributed by atoms with Gasteiger partial charge in [0.1, 0.15) is 0 Å². The first kappa shape index (κ1) is 37.5. The fraction of sp³-hybridized carbons (Fsp3) is 0.214. The number of benzene rings is 6. The van der Waals surface area contributed by atoms with Gasteiger partial charge in [0.05, 0.1) is 16.8 Å². The van der Waals surface area contributed by atoms with Gasteiger partial charge in [-0.2, -0.15) is 0 Å². The van der Waals surface area contributed by atoms with Crippen LogP contribution >= 0.6 is 0 Å². The molecule has 0 saturated carbocycles. The zero-order valence-corrected chi connectivity index (χ0v) is 35.1. The third-order valence-corrected chi connectivity index (χ3v) is 12.3. The zero-order chi connectivity index (χ0) is 40.4. The van der Waals surface area contributed by atoms with Crippen LogP contribution < -0.4 is 0 Å². The van der Waals surface area contributed by atoms with Gasteiger partial charge in [-0.1, -0.05) is 188 Å². The fourth-order valence-electron chi connectivity index (χ4n) is 9.19. The molecule has 1 aromatic heterocycles. The summed E-state index contributed by atoms with van der Waals surface area (Å²) in [7, 11) is 0. The maximum absolute atomic E-state index is 5.19. The van der Waals surface area contributed by atoms with E-state index >= 15 is 0 Å². The maximum Gasteiger partial charge on any atom is 0.160 e. The highest BCUT2D eigenvalue weighted by Crippen LogP contribution is 2.64. The first-order valence-electron chi connectivity index (χ1n) is 20.8. The molecule has 0 atom stereocenters. The van der Waals surface area contributed by atoms with Crippen molar-refractivity contribution in [2.75, 3.05) is 0 Å². The summed E-state index contributed by atoms with van der Waals surface area (Å²) in [5, 5.41) is 0. The summed E-state index contributed by atoms with van der Waals surface area (Å²) >= 11 is 0. The van der Waals surface area contributed by atoms with Crippen LogP contribution in [0.3, 0.4) is 0 Å². The van der Waals surface area contributed by atoms with E-state index in [4.69, 9.17) is 9.97 Å². The van der Waals surface area contributed by atoms with E-state index in [1.165, 1.54) is 61.2 Å². The third-order valence-electron chi connectivity index (χ3n) is 12.3. The van der Waals surface area contributed by atoms with Crippen LogP contribution in [0.15, 0.2) is 158 Å². The number of allylic oxidation sites excluding steroid dienone is 4. The molecule has 7 aromatic rings. The van der Waals surface area contributed by atoms with Crippen molar-refractivity contribution < 1.29 is 0 Å². The molecule has 1 heterocycles. The van der Waals surface area contributed by atoms with Gasteiger partial charge in [-0.25, -0.2) is 9.97 Å². The first-order valence-corrected chi connectivity index (χ1v) is 20.8. The van der Waals surface area contributed by atoms with E-state index in [-0.39, 0.29) is 10.8 Å². The molecule has 0 unspecified atom stereocenters. The van der Waals surface area contributed by atoms with E-state index in [1.807, 2.05) is 18.2 Å². The molecule has 9 rings (SSSR count). The number of hydrogen-bond acceptors (Lipinski definition) is 2. The number of nitrogens with zero attached hydrogens (tertiary/aromatic N) is 2. The SMILES string of the molecule is C/C=C(\C=C/CC)c1cc(-c2cccc(-c3ccc4c(c3)C3(c5ccccc5-4)c4cc(C(C)(C)C)ccc4-c4ccc(C(C)(C)C)cc43)c2)nc(-c2ccccc2)n1. The summed E-state index contributed by atoms with van der Waals surface area (Å²) in [4.78, 5) is 10.3. The quantitative estimate of drug-likeness (QED) is 0.158. The second-order valence-corrected chi connectivity index (χ2v) is 18.0. The summed E-state index contributed by atoms with van der Waals surface area (Å²) in [5.74, 6) is 0.725. The van der Waals surface area contributed by atoms with Gasteiger partial charge < -0.3 is 0 Å². The lowest BCUT2D eigenvalue weighted by Crippen LogP contribution is -2.27. The Balaban J connectivity index is 1.26. The van der Waals surface area contributed by atoms with E-state index in [2.05, 4.69) is 195 Å². The van der Waals surface area contributed by atoms with Crippen LogP contribution in [0.5, 0.6) is 0 Å². The Kier molecular flexibility index (Phi) is 9.08. The minimum absolute atomic E-state index is 0.00596. The van der Waals surface area contributed by atoms with Gasteiger partial charge in [0, 0.05) is 11.1 Å².